The number of hydroxylamine groups is 2. The maximum absolute atomic E-state index is 13.9. The molecule has 1 heterocycles. The van der Waals surface area contributed by atoms with E-state index in [4.69, 9.17) is 4.84 Å². The standard InChI is InChI=1S/C29H27NO2P.BrH/c31-29-28(21-22-30(29)32-23-24-13-5-1-6-14-24)33(25-15-7-2-8-16-25,26-17-9-3-10-18-26)27-19-11-4-12-20-27;/h1-20,28H,21-23H2;1H/q+1;/p-1. The van der Waals surface area contributed by atoms with Crippen LogP contribution >= 0.6 is 7.26 Å². The van der Waals surface area contributed by atoms with Gasteiger partial charge >= 0.3 is 0 Å². The molecule has 0 aliphatic carbocycles. The summed E-state index contributed by atoms with van der Waals surface area (Å²) in [5, 5.41) is 5.28. The highest BCUT2D eigenvalue weighted by molar-refractivity contribution is 7.96. The number of amides is 1. The zero-order valence-electron chi connectivity index (χ0n) is 18.8. The predicted octanol–water partition coefficient (Wildman–Crippen LogP) is 1.72. The summed E-state index contributed by atoms with van der Waals surface area (Å²) in [5.74, 6) is 0.0795. The number of carbonyl (C=O) groups excluding carboxylic acids is 1. The van der Waals surface area contributed by atoms with E-state index in [0.29, 0.717) is 13.2 Å². The van der Waals surface area contributed by atoms with Gasteiger partial charge in [-0.05, 0) is 42.0 Å². The van der Waals surface area contributed by atoms with Crippen LogP contribution in [0.5, 0.6) is 0 Å². The van der Waals surface area contributed by atoms with Crippen LogP contribution in [0.15, 0.2) is 121 Å². The van der Waals surface area contributed by atoms with Crippen LogP contribution in [0, 0.1) is 0 Å². The summed E-state index contributed by atoms with van der Waals surface area (Å²) in [6, 6.07) is 41.8. The summed E-state index contributed by atoms with van der Waals surface area (Å²) in [5.41, 5.74) is 0.893. The van der Waals surface area contributed by atoms with Gasteiger partial charge in [0.1, 0.15) is 29.8 Å². The van der Waals surface area contributed by atoms with Gasteiger partial charge in [0.2, 0.25) is 0 Å². The molecule has 4 aromatic rings. The molecule has 34 heavy (non-hydrogen) atoms. The molecule has 1 aliphatic rings. The van der Waals surface area contributed by atoms with Crippen LogP contribution in [0.25, 0.3) is 0 Å². The fourth-order valence-electron chi connectivity index (χ4n) is 4.83. The zero-order chi connectivity index (χ0) is 22.5. The van der Waals surface area contributed by atoms with E-state index >= 15 is 0 Å². The fourth-order valence-corrected chi connectivity index (χ4v) is 9.69. The van der Waals surface area contributed by atoms with E-state index in [0.717, 1.165) is 12.0 Å². The first-order valence-corrected chi connectivity index (χ1v) is 13.2. The molecule has 0 bridgehead atoms. The Morgan fingerprint density at radius 3 is 1.53 bits per heavy atom. The Bertz CT molecular complexity index is 1090. The van der Waals surface area contributed by atoms with Gasteiger partial charge in [-0.15, -0.1) is 0 Å². The van der Waals surface area contributed by atoms with Crippen LogP contribution in [0.4, 0.5) is 0 Å². The molecule has 1 saturated heterocycles. The van der Waals surface area contributed by atoms with Crippen LogP contribution in [0.1, 0.15) is 12.0 Å². The highest BCUT2D eigenvalue weighted by Crippen LogP contribution is 2.62. The minimum Gasteiger partial charge on any atom is -1.00 e. The van der Waals surface area contributed by atoms with Crippen molar-refractivity contribution in [1.82, 2.24) is 5.06 Å². The van der Waals surface area contributed by atoms with Crippen molar-refractivity contribution in [2.24, 2.45) is 0 Å². The van der Waals surface area contributed by atoms with Gasteiger partial charge in [-0.1, -0.05) is 84.9 Å². The number of nitrogens with zero attached hydrogens (tertiary/aromatic N) is 1. The van der Waals surface area contributed by atoms with Crippen molar-refractivity contribution in [2.45, 2.75) is 18.7 Å². The average molecular weight is 532 g/mol. The maximum atomic E-state index is 13.9. The molecular formula is C29H27BrNO2P. The molecule has 5 heteroatoms. The van der Waals surface area contributed by atoms with Crippen molar-refractivity contribution < 1.29 is 26.6 Å². The highest BCUT2D eigenvalue weighted by Gasteiger charge is 2.59. The second kappa shape index (κ2) is 11.1. The largest absolute Gasteiger partial charge is 1.00 e. The Labute approximate surface area is 212 Å². The molecule has 1 unspecified atom stereocenters. The number of hydrogen-bond acceptors (Lipinski definition) is 2. The molecule has 1 amide bonds. The van der Waals surface area contributed by atoms with E-state index in [-0.39, 0.29) is 28.5 Å². The van der Waals surface area contributed by atoms with E-state index in [9.17, 15) is 4.79 Å². The molecule has 0 aromatic heterocycles. The van der Waals surface area contributed by atoms with Gasteiger partial charge < -0.3 is 17.0 Å². The third-order valence-electron chi connectivity index (χ3n) is 6.32. The Kier molecular flexibility index (Phi) is 7.95. The summed E-state index contributed by atoms with van der Waals surface area (Å²) < 4.78 is 0. The van der Waals surface area contributed by atoms with Crippen molar-refractivity contribution >= 4 is 29.1 Å². The number of benzene rings is 4. The minimum atomic E-state index is -2.26. The number of hydrogen-bond donors (Lipinski definition) is 0. The molecule has 1 atom stereocenters. The number of rotatable bonds is 7. The Morgan fingerprint density at radius 1 is 0.676 bits per heavy atom. The first-order chi connectivity index (χ1) is 16.3. The lowest BCUT2D eigenvalue weighted by Crippen LogP contribution is -3.00. The highest BCUT2D eigenvalue weighted by atomic mass is 79.9. The van der Waals surface area contributed by atoms with Crippen molar-refractivity contribution in [3.8, 4) is 0 Å². The number of halogens is 1. The predicted molar refractivity (Wildman–Crippen MR) is 136 cm³/mol. The van der Waals surface area contributed by atoms with E-state index in [1.54, 1.807) is 5.06 Å². The molecule has 1 fully saturated rings. The summed E-state index contributed by atoms with van der Waals surface area (Å²) >= 11 is 0. The maximum Gasteiger partial charge on any atom is 0.288 e. The van der Waals surface area contributed by atoms with Gasteiger partial charge in [0, 0.05) is 6.42 Å². The van der Waals surface area contributed by atoms with E-state index in [2.05, 4.69) is 72.8 Å². The van der Waals surface area contributed by atoms with E-state index in [1.165, 1.54) is 15.9 Å². The lowest BCUT2D eigenvalue weighted by atomic mass is 10.2. The molecule has 0 N–H and O–H groups in total. The van der Waals surface area contributed by atoms with Gasteiger partial charge in [0.15, 0.2) is 5.66 Å². The van der Waals surface area contributed by atoms with Crippen LogP contribution in [-0.4, -0.2) is 23.2 Å². The van der Waals surface area contributed by atoms with Crippen molar-refractivity contribution in [2.75, 3.05) is 6.54 Å². The average Bonchev–Trinajstić information content (AvgIpc) is 3.26. The van der Waals surface area contributed by atoms with Crippen LogP contribution in [0.3, 0.4) is 0 Å². The molecule has 172 valence electrons. The summed E-state index contributed by atoms with van der Waals surface area (Å²) in [4.78, 5) is 20.0. The van der Waals surface area contributed by atoms with Gasteiger partial charge in [-0.2, -0.15) is 0 Å². The normalized spacial score (nSPS) is 15.7. The minimum absolute atomic E-state index is 0. The first kappa shape index (κ1) is 24.3. The van der Waals surface area contributed by atoms with Crippen molar-refractivity contribution in [1.29, 1.82) is 0 Å². The Balaban J connectivity index is 0.00000274. The Morgan fingerprint density at radius 2 is 1.09 bits per heavy atom. The summed E-state index contributed by atoms with van der Waals surface area (Å²) in [7, 11) is -2.26. The Hall–Kier alpha value is -2.78. The van der Waals surface area contributed by atoms with Gasteiger partial charge in [-0.25, -0.2) is 5.06 Å². The van der Waals surface area contributed by atoms with Gasteiger partial charge in [0.05, 0.1) is 6.54 Å². The lowest BCUT2D eigenvalue weighted by molar-refractivity contribution is -0.181. The van der Waals surface area contributed by atoms with E-state index < -0.39 is 7.26 Å². The number of carbonyl (C=O) groups is 1. The van der Waals surface area contributed by atoms with Gasteiger partial charge in [0.25, 0.3) is 5.91 Å². The van der Waals surface area contributed by atoms with Crippen LogP contribution in [0.2, 0.25) is 0 Å². The topological polar surface area (TPSA) is 29.5 Å². The molecular weight excluding hydrogens is 505 g/mol. The molecule has 5 rings (SSSR count). The monoisotopic (exact) mass is 531 g/mol. The smallest absolute Gasteiger partial charge is 0.288 e. The molecule has 3 nitrogen and oxygen atoms in total. The third kappa shape index (κ3) is 4.59. The summed E-state index contributed by atoms with van der Waals surface area (Å²) in [6.45, 7) is 0.997. The summed E-state index contributed by atoms with van der Waals surface area (Å²) in [6.07, 6.45) is 0.764. The molecule has 4 aromatic carbocycles. The van der Waals surface area contributed by atoms with E-state index in [1.807, 2.05) is 48.5 Å². The third-order valence-corrected chi connectivity index (χ3v) is 11.1. The van der Waals surface area contributed by atoms with Crippen LogP contribution < -0.4 is 32.9 Å². The fraction of sp³-hybridized carbons (Fsp3) is 0.138. The molecule has 0 radical (unpaired) electrons. The van der Waals surface area contributed by atoms with Crippen molar-refractivity contribution in [3.63, 3.8) is 0 Å². The molecule has 1 aliphatic heterocycles. The quantitative estimate of drug-likeness (QED) is 0.340. The molecule has 0 saturated carbocycles. The zero-order valence-corrected chi connectivity index (χ0v) is 21.3. The molecule has 0 spiro atoms. The van der Waals surface area contributed by atoms with Gasteiger partial charge in [-0.3, -0.25) is 9.63 Å². The SMILES string of the molecule is O=C1C([P+](c2ccccc2)(c2ccccc2)c2ccccc2)CCN1OCc1ccccc1.[Br-]. The van der Waals surface area contributed by atoms with Crippen LogP contribution in [-0.2, 0) is 16.2 Å². The lowest BCUT2D eigenvalue weighted by Gasteiger charge is -2.31. The first-order valence-electron chi connectivity index (χ1n) is 11.3. The second-order valence-corrected chi connectivity index (χ2v) is 11.9. The second-order valence-electron chi connectivity index (χ2n) is 8.23. The van der Waals surface area contributed by atoms with Crippen molar-refractivity contribution in [3.05, 3.63) is 127 Å².